The molecule has 2 aromatic rings. The predicted molar refractivity (Wildman–Crippen MR) is 75.5 cm³/mol. The fourth-order valence-corrected chi connectivity index (χ4v) is 3.79. The molecule has 17 heavy (non-hydrogen) atoms. The molecule has 3 rings (SSSR count). The van der Waals surface area contributed by atoms with Gasteiger partial charge >= 0.3 is 0 Å². The van der Waals surface area contributed by atoms with Gasteiger partial charge < -0.3 is 10.2 Å². The van der Waals surface area contributed by atoms with Crippen LogP contribution in [0, 0.1) is 0 Å². The monoisotopic (exact) mass is 285 g/mol. The minimum Gasteiger partial charge on any atom is -0.346 e. The maximum absolute atomic E-state index is 5.94. The minimum atomic E-state index is 0.816. The van der Waals surface area contributed by atoms with Gasteiger partial charge in [0, 0.05) is 31.6 Å². The number of piperazine rings is 1. The summed E-state index contributed by atoms with van der Waals surface area (Å²) in [6.07, 6.45) is 0. The number of hydrogen-bond acceptors (Lipinski definition) is 5. The van der Waals surface area contributed by atoms with Gasteiger partial charge in [0.05, 0.1) is 14.9 Å². The lowest BCUT2D eigenvalue weighted by atomic mass is 10.4. The van der Waals surface area contributed by atoms with Crippen LogP contribution in [0.15, 0.2) is 17.5 Å². The molecule has 90 valence electrons. The molecule has 3 nitrogen and oxygen atoms in total. The van der Waals surface area contributed by atoms with Crippen LogP contribution in [0.4, 0.5) is 5.13 Å². The molecule has 0 radical (unpaired) electrons. The number of thiophene rings is 1. The first-order valence-electron chi connectivity index (χ1n) is 5.50. The molecule has 1 aliphatic heterocycles. The first kappa shape index (κ1) is 11.5. The van der Waals surface area contributed by atoms with Crippen molar-refractivity contribution in [1.82, 2.24) is 10.3 Å². The minimum absolute atomic E-state index is 0.816. The highest BCUT2D eigenvalue weighted by Gasteiger charge is 2.15. The summed E-state index contributed by atoms with van der Waals surface area (Å²) in [5.74, 6) is 0. The smallest absolute Gasteiger partial charge is 0.185 e. The molecule has 0 spiro atoms. The van der Waals surface area contributed by atoms with Crippen LogP contribution in [0.3, 0.4) is 0 Å². The van der Waals surface area contributed by atoms with Crippen LogP contribution in [0.5, 0.6) is 0 Å². The van der Waals surface area contributed by atoms with Crippen molar-refractivity contribution < 1.29 is 0 Å². The van der Waals surface area contributed by atoms with Gasteiger partial charge in [0.2, 0.25) is 0 Å². The molecule has 0 saturated carbocycles. The SMILES string of the molecule is Clc1ccc(-c2csc(N3CCNCC3)n2)s1. The maximum atomic E-state index is 5.94. The summed E-state index contributed by atoms with van der Waals surface area (Å²) in [6, 6.07) is 3.95. The van der Waals surface area contributed by atoms with Gasteiger partial charge in [0.15, 0.2) is 5.13 Å². The van der Waals surface area contributed by atoms with E-state index >= 15 is 0 Å². The lowest BCUT2D eigenvalue weighted by molar-refractivity contribution is 0.588. The van der Waals surface area contributed by atoms with Crippen LogP contribution in [0.1, 0.15) is 0 Å². The van der Waals surface area contributed by atoms with Crippen LogP contribution in [0.2, 0.25) is 4.34 Å². The topological polar surface area (TPSA) is 28.2 Å². The average molecular weight is 286 g/mol. The Labute approximate surface area is 113 Å². The van der Waals surface area contributed by atoms with Gasteiger partial charge in [-0.3, -0.25) is 0 Å². The Morgan fingerprint density at radius 3 is 2.82 bits per heavy atom. The highest BCUT2D eigenvalue weighted by Crippen LogP contribution is 2.33. The Balaban J connectivity index is 1.82. The van der Waals surface area contributed by atoms with Crippen LogP contribution in [-0.2, 0) is 0 Å². The molecule has 0 aliphatic carbocycles. The fourth-order valence-electron chi connectivity index (χ4n) is 1.83. The van der Waals surface area contributed by atoms with Gasteiger partial charge in [0.1, 0.15) is 0 Å². The van der Waals surface area contributed by atoms with E-state index in [9.17, 15) is 0 Å². The van der Waals surface area contributed by atoms with Crippen LogP contribution in [0.25, 0.3) is 10.6 Å². The second kappa shape index (κ2) is 4.94. The molecule has 0 atom stereocenters. The first-order chi connectivity index (χ1) is 8.33. The van der Waals surface area contributed by atoms with E-state index in [1.54, 1.807) is 22.7 Å². The Kier molecular flexibility index (Phi) is 3.33. The van der Waals surface area contributed by atoms with E-state index in [-0.39, 0.29) is 0 Å². The van der Waals surface area contributed by atoms with E-state index in [0.29, 0.717) is 0 Å². The third kappa shape index (κ3) is 2.47. The molecule has 1 fully saturated rings. The van der Waals surface area contributed by atoms with E-state index in [1.807, 2.05) is 12.1 Å². The third-order valence-corrected chi connectivity index (χ3v) is 4.86. The average Bonchev–Trinajstić information content (AvgIpc) is 2.98. The number of thiazole rings is 1. The van der Waals surface area contributed by atoms with E-state index in [2.05, 4.69) is 20.6 Å². The number of hydrogen-bond donors (Lipinski definition) is 1. The zero-order valence-electron chi connectivity index (χ0n) is 9.15. The van der Waals surface area contributed by atoms with E-state index in [4.69, 9.17) is 11.6 Å². The molecule has 3 heterocycles. The van der Waals surface area contributed by atoms with Crippen molar-refractivity contribution in [1.29, 1.82) is 0 Å². The van der Waals surface area contributed by atoms with Gasteiger partial charge in [-0.25, -0.2) is 4.98 Å². The summed E-state index contributed by atoms with van der Waals surface area (Å²) in [4.78, 5) is 8.17. The van der Waals surface area contributed by atoms with E-state index < -0.39 is 0 Å². The Morgan fingerprint density at radius 2 is 2.12 bits per heavy atom. The van der Waals surface area contributed by atoms with E-state index in [0.717, 1.165) is 46.2 Å². The first-order valence-corrected chi connectivity index (χ1v) is 7.57. The zero-order valence-corrected chi connectivity index (χ0v) is 11.5. The van der Waals surface area contributed by atoms with Crippen molar-refractivity contribution in [2.45, 2.75) is 0 Å². The van der Waals surface area contributed by atoms with Crippen molar-refractivity contribution in [3.63, 3.8) is 0 Å². The number of aromatic nitrogens is 1. The largest absolute Gasteiger partial charge is 0.346 e. The number of nitrogens with zero attached hydrogens (tertiary/aromatic N) is 2. The Hall–Kier alpha value is -0.620. The maximum Gasteiger partial charge on any atom is 0.185 e. The van der Waals surface area contributed by atoms with Crippen molar-refractivity contribution in [2.75, 3.05) is 31.1 Å². The number of rotatable bonds is 2. The lowest BCUT2D eigenvalue weighted by Crippen LogP contribution is -2.43. The van der Waals surface area contributed by atoms with Crippen molar-refractivity contribution in [2.24, 2.45) is 0 Å². The fraction of sp³-hybridized carbons (Fsp3) is 0.364. The standard InChI is InChI=1S/C11H12ClN3S2/c12-10-2-1-9(17-10)8-7-16-11(14-8)15-5-3-13-4-6-15/h1-2,7,13H,3-6H2. The van der Waals surface area contributed by atoms with Gasteiger partial charge in [-0.1, -0.05) is 11.6 Å². The van der Waals surface area contributed by atoms with Crippen LogP contribution >= 0.6 is 34.3 Å². The van der Waals surface area contributed by atoms with Gasteiger partial charge in [-0.05, 0) is 12.1 Å². The molecular weight excluding hydrogens is 274 g/mol. The molecule has 0 amide bonds. The molecule has 1 saturated heterocycles. The predicted octanol–water partition coefficient (Wildman–Crippen LogP) is 2.93. The highest BCUT2D eigenvalue weighted by atomic mass is 35.5. The molecule has 6 heteroatoms. The molecule has 1 N–H and O–H groups in total. The summed E-state index contributed by atoms with van der Waals surface area (Å²) in [7, 11) is 0. The summed E-state index contributed by atoms with van der Waals surface area (Å²) in [5.41, 5.74) is 1.04. The molecule has 2 aromatic heterocycles. The number of anilines is 1. The summed E-state index contributed by atoms with van der Waals surface area (Å²) < 4.78 is 0.816. The van der Waals surface area contributed by atoms with Crippen molar-refractivity contribution in [3.05, 3.63) is 21.8 Å². The molecular formula is C11H12ClN3S2. The summed E-state index contributed by atoms with van der Waals surface area (Å²) >= 11 is 9.23. The van der Waals surface area contributed by atoms with Crippen molar-refractivity contribution >= 4 is 39.4 Å². The third-order valence-electron chi connectivity index (χ3n) is 2.71. The normalized spacial score (nSPS) is 16.4. The van der Waals surface area contributed by atoms with Crippen LogP contribution < -0.4 is 10.2 Å². The quantitative estimate of drug-likeness (QED) is 0.920. The molecule has 1 aliphatic rings. The Bertz CT molecular complexity index is 502. The van der Waals surface area contributed by atoms with Crippen molar-refractivity contribution in [3.8, 4) is 10.6 Å². The molecule has 0 unspecified atom stereocenters. The molecule has 0 aromatic carbocycles. The second-order valence-corrected chi connectivity index (χ2v) is 6.41. The lowest BCUT2D eigenvalue weighted by Gasteiger charge is -2.26. The van der Waals surface area contributed by atoms with Gasteiger partial charge in [-0.15, -0.1) is 22.7 Å². The van der Waals surface area contributed by atoms with Gasteiger partial charge in [0.25, 0.3) is 0 Å². The highest BCUT2D eigenvalue weighted by molar-refractivity contribution is 7.20. The zero-order chi connectivity index (χ0) is 11.7. The summed E-state index contributed by atoms with van der Waals surface area (Å²) in [6.45, 7) is 4.16. The van der Waals surface area contributed by atoms with Crippen LogP contribution in [-0.4, -0.2) is 31.2 Å². The van der Waals surface area contributed by atoms with Gasteiger partial charge in [-0.2, -0.15) is 0 Å². The second-order valence-electron chi connectivity index (χ2n) is 3.86. The number of halogens is 1. The molecule has 0 bridgehead atoms. The summed E-state index contributed by atoms with van der Waals surface area (Å²) in [5, 5.41) is 6.57. The van der Waals surface area contributed by atoms with E-state index in [1.165, 1.54) is 0 Å². The number of nitrogens with one attached hydrogen (secondary N) is 1. The Morgan fingerprint density at radius 1 is 1.29 bits per heavy atom.